The summed E-state index contributed by atoms with van der Waals surface area (Å²) < 4.78 is 10.0. The lowest BCUT2D eigenvalue weighted by Crippen LogP contribution is -2.14. The molecular formula is C12H18O3S. The summed E-state index contributed by atoms with van der Waals surface area (Å²) in [6.45, 7) is 2.24. The molecule has 90 valence electrons. The van der Waals surface area contributed by atoms with Crippen molar-refractivity contribution in [1.82, 2.24) is 0 Å². The minimum atomic E-state index is -0.171. The van der Waals surface area contributed by atoms with Gasteiger partial charge in [-0.2, -0.15) is 0 Å². The van der Waals surface area contributed by atoms with Crippen LogP contribution in [0.3, 0.4) is 0 Å². The average molecular weight is 242 g/mol. The molecule has 3 nitrogen and oxygen atoms in total. The Balaban J connectivity index is 2.74. The predicted molar refractivity (Wildman–Crippen MR) is 66.4 cm³/mol. The molecule has 0 saturated carbocycles. The maximum absolute atomic E-state index is 11.4. The summed E-state index contributed by atoms with van der Waals surface area (Å²) in [5.74, 6) is -0.171. The topological polar surface area (TPSA) is 35.5 Å². The molecule has 1 aliphatic carbocycles. The molecule has 0 fully saturated rings. The van der Waals surface area contributed by atoms with Crippen molar-refractivity contribution >= 4 is 23.2 Å². The molecule has 0 aromatic heterocycles. The van der Waals surface area contributed by atoms with Crippen LogP contribution in [0.25, 0.3) is 0 Å². The van der Waals surface area contributed by atoms with E-state index in [1.165, 1.54) is 0 Å². The maximum Gasteiger partial charge on any atom is 0.309 e. The Hall–Kier alpha value is -0.900. The highest BCUT2D eigenvalue weighted by atomic mass is 32.1. The molecule has 0 heterocycles. The van der Waals surface area contributed by atoms with Crippen molar-refractivity contribution in [3.8, 4) is 0 Å². The summed E-state index contributed by atoms with van der Waals surface area (Å²) >= 11 is 5.14. The number of carbonyl (C=O) groups is 1. The number of methoxy groups -OCH3 is 1. The number of rotatable bonds is 4. The van der Waals surface area contributed by atoms with Gasteiger partial charge in [0.05, 0.1) is 20.1 Å². The van der Waals surface area contributed by atoms with Crippen LogP contribution < -0.4 is 0 Å². The van der Waals surface area contributed by atoms with Gasteiger partial charge >= 0.3 is 5.97 Å². The van der Waals surface area contributed by atoms with E-state index >= 15 is 0 Å². The summed E-state index contributed by atoms with van der Waals surface area (Å²) in [7, 11) is 1.58. The normalized spacial score (nSPS) is 15.9. The average Bonchev–Trinajstić information content (AvgIpc) is 2.29. The van der Waals surface area contributed by atoms with E-state index in [9.17, 15) is 4.79 Å². The van der Waals surface area contributed by atoms with Crippen LogP contribution in [0.4, 0.5) is 0 Å². The molecule has 0 aliphatic heterocycles. The summed E-state index contributed by atoms with van der Waals surface area (Å²) in [4.78, 5) is 11.4. The van der Waals surface area contributed by atoms with Crippen LogP contribution in [0.5, 0.6) is 0 Å². The van der Waals surface area contributed by atoms with Gasteiger partial charge in [0.25, 0.3) is 0 Å². The summed E-state index contributed by atoms with van der Waals surface area (Å²) in [5, 5.41) is 0.527. The first kappa shape index (κ1) is 13.2. The van der Waals surface area contributed by atoms with Crippen molar-refractivity contribution in [2.24, 2.45) is 0 Å². The van der Waals surface area contributed by atoms with E-state index in [0.717, 1.165) is 36.8 Å². The van der Waals surface area contributed by atoms with Gasteiger partial charge in [0.15, 0.2) is 5.05 Å². The fourth-order valence-electron chi connectivity index (χ4n) is 1.92. The molecule has 0 bridgehead atoms. The largest absolute Gasteiger partial charge is 0.486 e. The third kappa shape index (κ3) is 3.59. The van der Waals surface area contributed by atoms with Crippen LogP contribution in [-0.2, 0) is 14.3 Å². The van der Waals surface area contributed by atoms with E-state index in [2.05, 4.69) is 0 Å². The first-order valence-corrected chi connectivity index (χ1v) is 6.04. The van der Waals surface area contributed by atoms with Gasteiger partial charge in [0.2, 0.25) is 0 Å². The molecule has 0 aromatic rings. The molecule has 0 N–H and O–H groups in total. The molecule has 0 aromatic carbocycles. The summed E-state index contributed by atoms with van der Waals surface area (Å²) in [5.41, 5.74) is 2.13. The van der Waals surface area contributed by atoms with E-state index < -0.39 is 0 Å². The predicted octanol–water partition coefficient (Wildman–Crippen LogP) is 2.78. The number of thiocarbonyl (C=S) groups is 1. The van der Waals surface area contributed by atoms with Gasteiger partial charge in [0.1, 0.15) is 0 Å². The Kier molecular flexibility index (Phi) is 5.46. The Morgan fingerprint density at radius 2 is 2.06 bits per heavy atom. The number of esters is 1. The minimum absolute atomic E-state index is 0.171. The van der Waals surface area contributed by atoms with E-state index in [1.54, 1.807) is 7.11 Å². The standard InChI is InChI=1S/C12H18O3S/c1-3-15-11(13)8-9-6-4-5-7-10(9)12(16)14-2/h3-8H2,1-2H3. The molecule has 0 spiro atoms. The Morgan fingerprint density at radius 3 is 2.69 bits per heavy atom. The van der Waals surface area contributed by atoms with Gasteiger partial charge < -0.3 is 9.47 Å². The van der Waals surface area contributed by atoms with Crippen molar-refractivity contribution in [2.45, 2.75) is 39.0 Å². The van der Waals surface area contributed by atoms with Crippen molar-refractivity contribution in [1.29, 1.82) is 0 Å². The highest BCUT2D eigenvalue weighted by Gasteiger charge is 2.19. The van der Waals surface area contributed by atoms with Crippen LogP contribution >= 0.6 is 12.2 Å². The fraction of sp³-hybridized carbons (Fsp3) is 0.667. The van der Waals surface area contributed by atoms with E-state index in [-0.39, 0.29) is 5.97 Å². The van der Waals surface area contributed by atoms with Gasteiger partial charge in [-0.25, -0.2) is 0 Å². The van der Waals surface area contributed by atoms with Gasteiger partial charge in [-0.3, -0.25) is 4.79 Å². The molecule has 0 atom stereocenters. The van der Waals surface area contributed by atoms with E-state index in [4.69, 9.17) is 21.7 Å². The third-order valence-corrected chi connectivity index (χ3v) is 3.09. The molecule has 0 unspecified atom stereocenters. The monoisotopic (exact) mass is 242 g/mol. The highest BCUT2D eigenvalue weighted by Crippen LogP contribution is 2.28. The Morgan fingerprint density at radius 1 is 1.38 bits per heavy atom. The second kappa shape index (κ2) is 6.63. The summed E-state index contributed by atoms with van der Waals surface area (Å²) in [6, 6.07) is 0. The van der Waals surface area contributed by atoms with Crippen LogP contribution in [0, 0.1) is 0 Å². The van der Waals surface area contributed by atoms with E-state index in [0.29, 0.717) is 18.1 Å². The van der Waals surface area contributed by atoms with Gasteiger partial charge in [-0.15, -0.1) is 0 Å². The molecule has 0 radical (unpaired) electrons. The smallest absolute Gasteiger partial charge is 0.309 e. The second-order valence-electron chi connectivity index (χ2n) is 3.76. The van der Waals surface area contributed by atoms with Crippen LogP contribution in [-0.4, -0.2) is 24.7 Å². The molecule has 4 heteroatoms. The maximum atomic E-state index is 11.4. The van der Waals surface area contributed by atoms with Crippen molar-refractivity contribution in [3.05, 3.63) is 11.1 Å². The van der Waals surface area contributed by atoms with Crippen molar-refractivity contribution < 1.29 is 14.3 Å². The number of hydrogen-bond donors (Lipinski definition) is 0. The third-order valence-electron chi connectivity index (χ3n) is 2.68. The number of carbonyl (C=O) groups excluding carboxylic acids is 1. The Bertz CT molecular complexity index is 307. The first-order valence-electron chi connectivity index (χ1n) is 5.63. The lowest BCUT2D eigenvalue weighted by atomic mass is 9.90. The van der Waals surface area contributed by atoms with Crippen LogP contribution in [0.15, 0.2) is 11.1 Å². The lowest BCUT2D eigenvalue weighted by Gasteiger charge is -2.19. The zero-order chi connectivity index (χ0) is 12.0. The Labute approximate surface area is 102 Å². The molecule has 1 rings (SSSR count). The van der Waals surface area contributed by atoms with Gasteiger partial charge in [0, 0.05) is 5.57 Å². The van der Waals surface area contributed by atoms with E-state index in [1.807, 2.05) is 6.92 Å². The van der Waals surface area contributed by atoms with Crippen LogP contribution in [0.2, 0.25) is 0 Å². The number of ether oxygens (including phenoxy) is 2. The molecule has 0 saturated heterocycles. The second-order valence-corrected chi connectivity index (χ2v) is 4.13. The first-order chi connectivity index (χ1) is 7.69. The lowest BCUT2D eigenvalue weighted by molar-refractivity contribution is -0.142. The van der Waals surface area contributed by atoms with Crippen molar-refractivity contribution in [3.63, 3.8) is 0 Å². The zero-order valence-electron chi connectivity index (χ0n) is 9.88. The highest BCUT2D eigenvalue weighted by molar-refractivity contribution is 7.80. The SMILES string of the molecule is CCOC(=O)CC1=C(C(=S)OC)CCCC1. The quantitative estimate of drug-likeness (QED) is 0.561. The summed E-state index contributed by atoms with van der Waals surface area (Å²) in [6.07, 6.45) is 4.43. The molecule has 0 amide bonds. The minimum Gasteiger partial charge on any atom is -0.486 e. The van der Waals surface area contributed by atoms with Gasteiger partial charge in [-0.05, 0) is 44.8 Å². The zero-order valence-corrected chi connectivity index (χ0v) is 10.7. The fourth-order valence-corrected chi connectivity index (χ4v) is 2.17. The molecular weight excluding hydrogens is 224 g/mol. The number of hydrogen-bond acceptors (Lipinski definition) is 4. The molecule has 1 aliphatic rings. The van der Waals surface area contributed by atoms with Gasteiger partial charge in [-0.1, -0.05) is 5.57 Å². The molecule has 16 heavy (non-hydrogen) atoms. The van der Waals surface area contributed by atoms with Crippen molar-refractivity contribution in [2.75, 3.05) is 13.7 Å². The van der Waals surface area contributed by atoms with Crippen LogP contribution in [0.1, 0.15) is 39.0 Å².